The Morgan fingerprint density at radius 1 is 1.53 bits per heavy atom. The molecule has 1 N–H and O–H groups in total. The van der Waals surface area contributed by atoms with Crippen molar-refractivity contribution in [3.63, 3.8) is 0 Å². The third kappa shape index (κ3) is 4.40. The van der Waals surface area contributed by atoms with Crippen LogP contribution in [-0.4, -0.2) is 61.7 Å². The van der Waals surface area contributed by atoms with Crippen LogP contribution in [0, 0.1) is 0 Å². The van der Waals surface area contributed by atoms with E-state index in [2.05, 4.69) is 11.6 Å². The van der Waals surface area contributed by atoms with Gasteiger partial charge in [-0.1, -0.05) is 0 Å². The van der Waals surface area contributed by atoms with E-state index in [1.807, 2.05) is 11.8 Å². The fourth-order valence-corrected chi connectivity index (χ4v) is 1.84. The van der Waals surface area contributed by atoms with Crippen molar-refractivity contribution in [2.24, 2.45) is 0 Å². The Labute approximate surface area is 95.7 Å². The molecule has 1 saturated heterocycles. The highest BCUT2D eigenvalue weighted by Crippen LogP contribution is 2.00. The van der Waals surface area contributed by atoms with Crippen LogP contribution in [0.2, 0.25) is 0 Å². The lowest BCUT2D eigenvalue weighted by Gasteiger charge is -2.29. The molecule has 0 saturated carbocycles. The lowest BCUT2D eigenvalue weighted by molar-refractivity contribution is -0.137. The van der Waals surface area contributed by atoms with Gasteiger partial charge in [0.05, 0.1) is 19.3 Å². The molecule has 0 spiro atoms. The number of rotatable bonds is 5. The summed E-state index contributed by atoms with van der Waals surface area (Å²) in [4.78, 5) is 13.8. The summed E-state index contributed by atoms with van der Waals surface area (Å²) < 4.78 is 5.21. The molecule has 5 heteroatoms. The van der Waals surface area contributed by atoms with Gasteiger partial charge >= 0.3 is 0 Å². The minimum Gasteiger partial charge on any atom is -0.378 e. The van der Waals surface area contributed by atoms with E-state index in [0.29, 0.717) is 13.2 Å². The van der Waals surface area contributed by atoms with E-state index >= 15 is 0 Å². The molecule has 1 amide bonds. The quantitative estimate of drug-likeness (QED) is 0.687. The van der Waals surface area contributed by atoms with Crippen molar-refractivity contribution in [3.05, 3.63) is 0 Å². The van der Waals surface area contributed by atoms with Gasteiger partial charge in [-0.25, -0.2) is 0 Å². The second kappa shape index (κ2) is 7.09. The summed E-state index contributed by atoms with van der Waals surface area (Å²) in [6.45, 7) is 5.61. The minimum absolute atomic E-state index is 0.0738. The number of thioether (sulfide) groups is 1. The molecule has 1 fully saturated rings. The first-order valence-electron chi connectivity index (χ1n) is 5.34. The van der Waals surface area contributed by atoms with Gasteiger partial charge in [0.15, 0.2) is 0 Å². The van der Waals surface area contributed by atoms with Crippen LogP contribution in [0.5, 0.6) is 0 Å². The smallest absolute Gasteiger partial charge is 0.239 e. The van der Waals surface area contributed by atoms with Crippen molar-refractivity contribution in [3.8, 4) is 0 Å². The second-order valence-corrected chi connectivity index (χ2v) is 4.59. The van der Waals surface area contributed by atoms with E-state index < -0.39 is 0 Å². The number of nitrogens with one attached hydrogen (secondary N) is 1. The van der Waals surface area contributed by atoms with E-state index in [0.717, 1.165) is 25.4 Å². The van der Waals surface area contributed by atoms with E-state index in [4.69, 9.17) is 4.74 Å². The summed E-state index contributed by atoms with van der Waals surface area (Å²) in [5.74, 6) is 1.24. The maximum Gasteiger partial charge on any atom is 0.239 e. The first kappa shape index (κ1) is 12.8. The second-order valence-electron chi connectivity index (χ2n) is 3.61. The Hall–Kier alpha value is -0.260. The molecule has 1 heterocycles. The number of nitrogens with zero attached hydrogens (tertiary/aromatic N) is 1. The molecule has 0 aliphatic carbocycles. The SMILES string of the molecule is CSCCNC(C)C(=O)N1CCOCC1. The number of hydrogen-bond acceptors (Lipinski definition) is 4. The molecule has 1 unspecified atom stereocenters. The predicted octanol–water partition coefficient (Wildman–Crippen LogP) is 0.186. The van der Waals surface area contributed by atoms with Crippen molar-refractivity contribution in [1.82, 2.24) is 10.2 Å². The molecule has 0 aromatic heterocycles. The number of amides is 1. The summed E-state index contributed by atoms with van der Waals surface area (Å²) in [5, 5.41) is 3.23. The monoisotopic (exact) mass is 232 g/mol. The predicted molar refractivity (Wildman–Crippen MR) is 63.2 cm³/mol. The highest BCUT2D eigenvalue weighted by Gasteiger charge is 2.21. The lowest BCUT2D eigenvalue weighted by atomic mass is 10.2. The third-order valence-electron chi connectivity index (χ3n) is 2.45. The van der Waals surface area contributed by atoms with E-state index in [9.17, 15) is 4.79 Å². The van der Waals surface area contributed by atoms with Crippen LogP contribution in [0.3, 0.4) is 0 Å². The molecule has 0 aromatic rings. The zero-order valence-corrected chi connectivity index (χ0v) is 10.3. The Balaban J connectivity index is 2.24. The van der Waals surface area contributed by atoms with Crippen LogP contribution < -0.4 is 5.32 Å². The molecular weight excluding hydrogens is 212 g/mol. The van der Waals surface area contributed by atoms with E-state index in [-0.39, 0.29) is 11.9 Å². The van der Waals surface area contributed by atoms with Crippen LogP contribution in [0.4, 0.5) is 0 Å². The molecule has 1 aliphatic heterocycles. The number of carbonyl (C=O) groups excluding carboxylic acids is 1. The van der Waals surface area contributed by atoms with Gasteiger partial charge in [-0.05, 0) is 13.2 Å². The average Bonchev–Trinajstić information content (AvgIpc) is 2.29. The molecule has 0 bridgehead atoms. The molecule has 1 atom stereocenters. The Kier molecular flexibility index (Phi) is 6.05. The number of hydrogen-bond donors (Lipinski definition) is 1. The van der Waals surface area contributed by atoms with E-state index in [1.165, 1.54) is 0 Å². The van der Waals surface area contributed by atoms with Crippen LogP contribution in [0.1, 0.15) is 6.92 Å². The summed E-state index contributed by atoms with van der Waals surface area (Å²) >= 11 is 1.78. The van der Waals surface area contributed by atoms with Crippen molar-refractivity contribution in [1.29, 1.82) is 0 Å². The Bertz CT molecular complexity index is 196. The van der Waals surface area contributed by atoms with Gasteiger partial charge in [0.25, 0.3) is 0 Å². The van der Waals surface area contributed by atoms with Gasteiger partial charge < -0.3 is 15.0 Å². The maximum absolute atomic E-state index is 11.9. The summed E-state index contributed by atoms with van der Waals surface area (Å²) in [7, 11) is 0. The number of ether oxygens (including phenoxy) is 1. The van der Waals surface area contributed by atoms with Gasteiger partial charge in [0, 0.05) is 25.4 Å². The molecule has 1 rings (SSSR count). The van der Waals surface area contributed by atoms with Gasteiger partial charge in [-0.15, -0.1) is 0 Å². The largest absolute Gasteiger partial charge is 0.378 e. The fraction of sp³-hybridized carbons (Fsp3) is 0.900. The topological polar surface area (TPSA) is 41.6 Å². The Morgan fingerprint density at radius 3 is 2.80 bits per heavy atom. The summed E-state index contributed by atoms with van der Waals surface area (Å²) in [6, 6.07) is -0.0738. The van der Waals surface area contributed by atoms with Crippen molar-refractivity contribution in [2.45, 2.75) is 13.0 Å². The highest BCUT2D eigenvalue weighted by molar-refractivity contribution is 7.98. The van der Waals surface area contributed by atoms with Crippen LogP contribution >= 0.6 is 11.8 Å². The summed E-state index contributed by atoms with van der Waals surface area (Å²) in [5.41, 5.74) is 0. The minimum atomic E-state index is -0.0738. The zero-order valence-electron chi connectivity index (χ0n) is 9.49. The first-order valence-corrected chi connectivity index (χ1v) is 6.74. The van der Waals surface area contributed by atoms with Crippen molar-refractivity contribution < 1.29 is 9.53 Å². The van der Waals surface area contributed by atoms with Crippen molar-refractivity contribution in [2.75, 3.05) is 44.9 Å². The Morgan fingerprint density at radius 2 is 2.20 bits per heavy atom. The standard InChI is InChI=1S/C10H20N2O2S/c1-9(11-3-8-15-2)10(13)12-4-6-14-7-5-12/h9,11H,3-8H2,1-2H3. The lowest BCUT2D eigenvalue weighted by Crippen LogP contribution is -2.49. The molecule has 4 nitrogen and oxygen atoms in total. The third-order valence-corrected chi connectivity index (χ3v) is 3.06. The molecule has 1 aliphatic rings. The highest BCUT2D eigenvalue weighted by atomic mass is 32.2. The first-order chi connectivity index (χ1) is 7.25. The van der Waals surface area contributed by atoms with Gasteiger partial charge in [-0.2, -0.15) is 11.8 Å². The normalized spacial score (nSPS) is 18.9. The van der Waals surface area contributed by atoms with Crippen LogP contribution in [0.25, 0.3) is 0 Å². The molecule has 88 valence electrons. The fourth-order valence-electron chi connectivity index (χ4n) is 1.52. The maximum atomic E-state index is 11.9. The van der Waals surface area contributed by atoms with Gasteiger partial charge in [0.1, 0.15) is 0 Å². The number of morpholine rings is 1. The molecule has 0 aromatic carbocycles. The zero-order chi connectivity index (χ0) is 11.1. The molecular formula is C10H20N2O2S. The summed E-state index contributed by atoms with van der Waals surface area (Å²) in [6.07, 6.45) is 2.07. The van der Waals surface area contributed by atoms with Crippen LogP contribution in [0.15, 0.2) is 0 Å². The average molecular weight is 232 g/mol. The van der Waals surface area contributed by atoms with Gasteiger partial charge in [0.2, 0.25) is 5.91 Å². The van der Waals surface area contributed by atoms with Crippen LogP contribution in [-0.2, 0) is 9.53 Å². The van der Waals surface area contributed by atoms with E-state index in [1.54, 1.807) is 11.8 Å². The van der Waals surface area contributed by atoms with Gasteiger partial charge in [-0.3, -0.25) is 4.79 Å². The van der Waals surface area contributed by atoms with Crippen molar-refractivity contribution >= 4 is 17.7 Å². The number of carbonyl (C=O) groups is 1. The molecule has 0 radical (unpaired) electrons. The molecule has 15 heavy (non-hydrogen) atoms.